The summed E-state index contributed by atoms with van der Waals surface area (Å²) in [6.07, 6.45) is 0. The van der Waals surface area contributed by atoms with Crippen LogP contribution in [0.1, 0.15) is 12.5 Å². The molecule has 0 aliphatic carbocycles. The number of fused-ring (bicyclic) bond motifs is 1. The predicted octanol–water partition coefficient (Wildman–Crippen LogP) is 4.03. The number of esters is 1. The van der Waals surface area contributed by atoms with E-state index in [0.717, 1.165) is 4.90 Å². The van der Waals surface area contributed by atoms with Crippen molar-refractivity contribution in [1.82, 2.24) is 0 Å². The van der Waals surface area contributed by atoms with E-state index in [4.69, 9.17) is 13.9 Å². The molecule has 0 saturated carbocycles. The Bertz CT molecular complexity index is 965. The summed E-state index contributed by atoms with van der Waals surface area (Å²) >= 11 is 1.43. The van der Waals surface area contributed by atoms with Gasteiger partial charge in [0.05, 0.1) is 7.11 Å². The molecule has 0 amide bonds. The molecule has 0 radical (unpaired) electrons. The second kappa shape index (κ2) is 8.10. The molecule has 0 fully saturated rings. The van der Waals surface area contributed by atoms with Crippen LogP contribution in [-0.4, -0.2) is 18.3 Å². The number of carbonyl (C=O) groups is 1. The van der Waals surface area contributed by atoms with Gasteiger partial charge in [-0.15, -0.1) is 11.8 Å². The van der Waals surface area contributed by atoms with E-state index < -0.39 is 5.63 Å². The monoisotopic (exact) mass is 370 g/mol. The van der Waals surface area contributed by atoms with Gasteiger partial charge in [0.15, 0.2) is 0 Å². The molecule has 0 aliphatic rings. The minimum Gasteiger partial charge on any atom is -0.497 e. The minimum absolute atomic E-state index is 0.00690. The van der Waals surface area contributed by atoms with Crippen LogP contribution in [0.2, 0.25) is 0 Å². The summed E-state index contributed by atoms with van der Waals surface area (Å²) in [5.41, 5.74) is 0.502. The van der Waals surface area contributed by atoms with Crippen molar-refractivity contribution in [3.8, 4) is 5.75 Å². The first-order valence-corrected chi connectivity index (χ1v) is 8.94. The lowest BCUT2D eigenvalue weighted by Crippen LogP contribution is -2.17. The standard InChI is InChI=1S/C20H18O5S/c1-13(26-16-6-4-3-5-7-16)20(22)24-12-14-10-19(21)25-18-11-15(23-2)8-9-17(14)18/h3-11,13H,12H2,1-2H3/t13-/m1/s1. The van der Waals surface area contributed by atoms with E-state index in [-0.39, 0.29) is 17.8 Å². The third-order valence-corrected chi connectivity index (χ3v) is 4.89. The summed E-state index contributed by atoms with van der Waals surface area (Å²) < 4.78 is 15.7. The van der Waals surface area contributed by atoms with Crippen LogP contribution in [-0.2, 0) is 16.1 Å². The Hall–Kier alpha value is -2.73. The maximum atomic E-state index is 12.3. The Kier molecular flexibility index (Phi) is 5.63. The Morgan fingerprint density at radius 1 is 1.15 bits per heavy atom. The van der Waals surface area contributed by atoms with Crippen molar-refractivity contribution in [2.45, 2.75) is 23.7 Å². The van der Waals surface area contributed by atoms with Crippen LogP contribution >= 0.6 is 11.8 Å². The van der Waals surface area contributed by atoms with Crippen LogP contribution in [0, 0.1) is 0 Å². The van der Waals surface area contributed by atoms with Crippen molar-refractivity contribution in [3.05, 3.63) is 70.6 Å². The highest BCUT2D eigenvalue weighted by molar-refractivity contribution is 8.00. The van der Waals surface area contributed by atoms with Crippen LogP contribution < -0.4 is 10.4 Å². The van der Waals surface area contributed by atoms with E-state index in [1.807, 2.05) is 30.3 Å². The molecule has 0 N–H and O–H groups in total. The van der Waals surface area contributed by atoms with E-state index in [1.165, 1.54) is 24.9 Å². The summed E-state index contributed by atoms with van der Waals surface area (Å²) in [5, 5.41) is 0.352. The molecule has 0 bridgehead atoms. The Morgan fingerprint density at radius 2 is 1.92 bits per heavy atom. The van der Waals surface area contributed by atoms with Gasteiger partial charge in [-0.1, -0.05) is 18.2 Å². The van der Waals surface area contributed by atoms with Crippen molar-refractivity contribution < 1.29 is 18.7 Å². The molecule has 1 atom stereocenters. The second-order valence-electron chi connectivity index (χ2n) is 5.63. The summed E-state index contributed by atoms with van der Waals surface area (Å²) in [7, 11) is 1.54. The number of rotatable bonds is 6. The summed E-state index contributed by atoms with van der Waals surface area (Å²) in [4.78, 5) is 25.0. The SMILES string of the molecule is COc1ccc2c(COC(=O)[C@@H](C)Sc3ccccc3)cc(=O)oc2c1. The van der Waals surface area contributed by atoms with Gasteiger partial charge in [0.1, 0.15) is 23.2 Å². The molecule has 134 valence electrons. The fourth-order valence-electron chi connectivity index (χ4n) is 2.47. The normalized spacial score (nSPS) is 11.9. The second-order valence-corrected chi connectivity index (χ2v) is 7.05. The molecule has 5 nitrogen and oxygen atoms in total. The van der Waals surface area contributed by atoms with Crippen molar-refractivity contribution in [1.29, 1.82) is 0 Å². The van der Waals surface area contributed by atoms with Gasteiger partial charge >= 0.3 is 11.6 Å². The summed E-state index contributed by atoms with van der Waals surface area (Å²) in [6.45, 7) is 1.80. The number of benzene rings is 2. The van der Waals surface area contributed by atoms with Crippen molar-refractivity contribution in [2.75, 3.05) is 7.11 Å². The quantitative estimate of drug-likeness (QED) is 0.371. The smallest absolute Gasteiger partial charge is 0.336 e. The van der Waals surface area contributed by atoms with E-state index in [1.54, 1.807) is 25.1 Å². The molecule has 1 heterocycles. The third kappa shape index (κ3) is 4.26. The van der Waals surface area contributed by atoms with Crippen molar-refractivity contribution in [3.63, 3.8) is 0 Å². The topological polar surface area (TPSA) is 65.7 Å². The van der Waals surface area contributed by atoms with Gasteiger partial charge in [0.25, 0.3) is 0 Å². The number of carbonyl (C=O) groups excluding carboxylic acids is 1. The van der Waals surface area contributed by atoms with Gasteiger partial charge in [-0.05, 0) is 31.2 Å². The first-order chi connectivity index (χ1) is 12.6. The predicted molar refractivity (Wildman–Crippen MR) is 101 cm³/mol. The zero-order valence-electron chi connectivity index (χ0n) is 14.4. The molecular weight excluding hydrogens is 352 g/mol. The van der Waals surface area contributed by atoms with Gasteiger partial charge in [-0.25, -0.2) is 4.79 Å². The van der Waals surface area contributed by atoms with Crippen molar-refractivity contribution >= 4 is 28.7 Å². The lowest BCUT2D eigenvalue weighted by atomic mass is 10.1. The first-order valence-electron chi connectivity index (χ1n) is 8.06. The average Bonchev–Trinajstić information content (AvgIpc) is 2.65. The van der Waals surface area contributed by atoms with Gasteiger partial charge in [0, 0.05) is 28.0 Å². The van der Waals surface area contributed by atoms with E-state index >= 15 is 0 Å². The number of thioether (sulfide) groups is 1. The largest absolute Gasteiger partial charge is 0.497 e. The van der Waals surface area contributed by atoms with Gasteiger partial charge in [0.2, 0.25) is 0 Å². The lowest BCUT2D eigenvalue weighted by Gasteiger charge is -2.12. The lowest BCUT2D eigenvalue weighted by molar-refractivity contribution is -0.143. The van der Waals surface area contributed by atoms with Crippen LogP contribution in [0.25, 0.3) is 11.0 Å². The zero-order chi connectivity index (χ0) is 18.5. The molecule has 26 heavy (non-hydrogen) atoms. The maximum absolute atomic E-state index is 12.3. The molecular formula is C20H18O5S. The number of methoxy groups -OCH3 is 1. The third-order valence-electron chi connectivity index (χ3n) is 3.80. The summed E-state index contributed by atoms with van der Waals surface area (Å²) in [6, 6.07) is 16.2. The van der Waals surface area contributed by atoms with Crippen LogP contribution in [0.4, 0.5) is 0 Å². The van der Waals surface area contributed by atoms with Crippen LogP contribution in [0.3, 0.4) is 0 Å². The average molecular weight is 370 g/mol. The fourth-order valence-corrected chi connectivity index (χ4v) is 3.36. The minimum atomic E-state index is -0.497. The highest BCUT2D eigenvalue weighted by atomic mass is 32.2. The Labute approximate surface area is 154 Å². The molecule has 3 rings (SSSR count). The van der Waals surface area contributed by atoms with Crippen molar-refractivity contribution in [2.24, 2.45) is 0 Å². The van der Waals surface area contributed by atoms with E-state index in [0.29, 0.717) is 22.3 Å². The fraction of sp³-hybridized carbons (Fsp3) is 0.200. The van der Waals surface area contributed by atoms with Gasteiger partial charge < -0.3 is 13.9 Å². The highest BCUT2D eigenvalue weighted by Gasteiger charge is 2.17. The summed E-state index contributed by atoms with van der Waals surface area (Å²) in [5.74, 6) is 0.247. The number of hydrogen-bond acceptors (Lipinski definition) is 6. The maximum Gasteiger partial charge on any atom is 0.336 e. The van der Waals surface area contributed by atoms with Gasteiger partial charge in [-0.2, -0.15) is 0 Å². The molecule has 3 aromatic rings. The molecule has 6 heteroatoms. The van der Waals surface area contributed by atoms with E-state index in [9.17, 15) is 9.59 Å². The first kappa shape index (κ1) is 18.1. The molecule has 2 aromatic carbocycles. The molecule has 0 aliphatic heterocycles. The molecule has 1 aromatic heterocycles. The molecule has 0 unspecified atom stereocenters. The zero-order valence-corrected chi connectivity index (χ0v) is 15.2. The van der Waals surface area contributed by atoms with Gasteiger partial charge in [-0.3, -0.25) is 4.79 Å². The molecule has 0 saturated heterocycles. The van der Waals surface area contributed by atoms with E-state index in [2.05, 4.69) is 0 Å². The Balaban J connectivity index is 1.72. The Morgan fingerprint density at radius 3 is 2.65 bits per heavy atom. The number of hydrogen-bond donors (Lipinski definition) is 0. The highest BCUT2D eigenvalue weighted by Crippen LogP contribution is 2.25. The molecule has 0 spiro atoms. The van der Waals surface area contributed by atoms with Crippen LogP contribution in [0.15, 0.2) is 68.7 Å². The number of ether oxygens (including phenoxy) is 2. The van der Waals surface area contributed by atoms with Crippen LogP contribution in [0.5, 0.6) is 5.75 Å².